The predicted molar refractivity (Wildman–Crippen MR) is 71.4 cm³/mol. The lowest BCUT2D eigenvalue weighted by Crippen LogP contribution is -2.37. The van der Waals surface area contributed by atoms with Crippen molar-refractivity contribution in [3.8, 4) is 0 Å². The van der Waals surface area contributed by atoms with Gasteiger partial charge >= 0.3 is 11.8 Å². The Balaban J connectivity index is 2.26. The van der Waals surface area contributed by atoms with Crippen LogP contribution in [0.15, 0.2) is 16.8 Å². The monoisotopic (exact) mass is 270 g/mol. The molecule has 0 bridgehead atoms. The standard InChI is InChI=1S/C12H18N2O3S/c1-8(2)10(15)3-5-13-11(16)12(17)14-9-4-6-18-7-9/h4,6-8,10,15H,3,5H2,1-2H3,(H,13,16)(H,14,17). The van der Waals surface area contributed by atoms with Crippen molar-refractivity contribution in [2.24, 2.45) is 5.92 Å². The van der Waals surface area contributed by atoms with Gasteiger partial charge in [0.25, 0.3) is 0 Å². The van der Waals surface area contributed by atoms with E-state index in [4.69, 9.17) is 0 Å². The number of carbonyl (C=O) groups excluding carboxylic acids is 2. The first-order chi connectivity index (χ1) is 8.50. The molecule has 1 aromatic heterocycles. The molecular formula is C12H18N2O3S. The first kappa shape index (κ1) is 14.7. The molecule has 0 radical (unpaired) electrons. The van der Waals surface area contributed by atoms with Gasteiger partial charge in [-0.3, -0.25) is 9.59 Å². The maximum Gasteiger partial charge on any atom is 0.313 e. The van der Waals surface area contributed by atoms with Crippen LogP contribution in [-0.4, -0.2) is 29.6 Å². The van der Waals surface area contributed by atoms with Crippen molar-refractivity contribution >= 4 is 28.8 Å². The lowest BCUT2D eigenvalue weighted by Gasteiger charge is -2.14. The second-order valence-electron chi connectivity index (χ2n) is 4.32. The molecule has 3 N–H and O–H groups in total. The minimum absolute atomic E-state index is 0.140. The van der Waals surface area contributed by atoms with Crippen molar-refractivity contribution < 1.29 is 14.7 Å². The topological polar surface area (TPSA) is 78.4 Å². The summed E-state index contributed by atoms with van der Waals surface area (Å²) >= 11 is 1.44. The summed E-state index contributed by atoms with van der Waals surface area (Å²) in [5, 5.41) is 18.0. The quantitative estimate of drug-likeness (QED) is 0.704. The van der Waals surface area contributed by atoms with Gasteiger partial charge in [0.1, 0.15) is 0 Å². The van der Waals surface area contributed by atoms with Crippen LogP contribution in [0.25, 0.3) is 0 Å². The normalized spacial score (nSPS) is 12.2. The smallest absolute Gasteiger partial charge is 0.313 e. The van der Waals surface area contributed by atoms with Crippen LogP contribution in [0.5, 0.6) is 0 Å². The molecule has 1 atom stereocenters. The Bertz CT molecular complexity index is 390. The highest BCUT2D eigenvalue weighted by molar-refractivity contribution is 7.08. The highest BCUT2D eigenvalue weighted by Crippen LogP contribution is 2.11. The third-order valence-electron chi connectivity index (χ3n) is 2.48. The van der Waals surface area contributed by atoms with Crippen LogP contribution in [0.2, 0.25) is 0 Å². The molecule has 2 amide bonds. The van der Waals surface area contributed by atoms with Gasteiger partial charge in [0.15, 0.2) is 0 Å². The molecule has 1 aromatic rings. The maximum atomic E-state index is 11.4. The number of aliphatic hydroxyl groups is 1. The summed E-state index contributed by atoms with van der Waals surface area (Å²) < 4.78 is 0. The molecule has 1 heterocycles. The summed E-state index contributed by atoms with van der Waals surface area (Å²) in [7, 11) is 0. The number of hydrogen-bond donors (Lipinski definition) is 3. The fourth-order valence-electron chi connectivity index (χ4n) is 1.27. The zero-order valence-corrected chi connectivity index (χ0v) is 11.3. The summed E-state index contributed by atoms with van der Waals surface area (Å²) in [6, 6.07) is 1.72. The molecule has 1 rings (SSSR count). The first-order valence-corrected chi connectivity index (χ1v) is 6.74. The lowest BCUT2D eigenvalue weighted by molar-refractivity contribution is -0.136. The van der Waals surface area contributed by atoms with Crippen molar-refractivity contribution in [2.45, 2.75) is 26.4 Å². The summed E-state index contributed by atoms with van der Waals surface area (Å²) in [5.74, 6) is -1.23. The van der Waals surface area contributed by atoms with Gasteiger partial charge in [-0.25, -0.2) is 0 Å². The third-order valence-corrected chi connectivity index (χ3v) is 3.16. The highest BCUT2D eigenvalue weighted by Gasteiger charge is 2.14. The van der Waals surface area contributed by atoms with Crippen LogP contribution < -0.4 is 10.6 Å². The van der Waals surface area contributed by atoms with E-state index in [2.05, 4.69) is 10.6 Å². The zero-order chi connectivity index (χ0) is 13.5. The number of hydrogen-bond acceptors (Lipinski definition) is 4. The Morgan fingerprint density at radius 3 is 2.67 bits per heavy atom. The van der Waals surface area contributed by atoms with Crippen molar-refractivity contribution in [3.63, 3.8) is 0 Å². The molecule has 0 saturated heterocycles. The van der Waals surface area contributed by atoms with E-state index in [1.54, 1.807) is 11.4 Å². The van der Waals surface area contributed by atoms with Gasteiger partial charge in [0.05, 0.1) is 11.8 Å². The average Bonchev–Trinajstić information content (AvgIpc) is 2.81. The van der Waals surface area contributed by atoms with Gasteiger partial charge in [-0.05, 0) is 23.8 Å². The van der Waals surface area contributed by atoms with E-state index in [0.29, 0.717) is 12.1 Å². The Morgan fingerprint density at radius 1 is 1.39 bits per heavy atom. The molecule has 1 unspecified atom stereocenters. The fourth-order valence-corrected chi connectivity index (χ4v) is 1.86. The number of carbonyl (C=O) groups is 2. The molecule has 18 heavy (non-hydrogen) atoms. The molecule has 100 valence electrons. The van der Waals surface area contributed by atoms with Crippen LogP contribution >= 0.6 is 11.3 Å². The number of thiophene rings is 1. The molecule has 0 aliphatic heterocycles. The van der Waals surface area contributed by atoms with Crippen LogP contribution in [0.4, 0.5) is 5.69 Å². The number of amides is 2. The Kier molecular flexibility index (Phi) is 5.80. The van der Waals surface area contributed by atoms with E-state index in [1.807, 2.05) is 19.2 Å². The maximum absolute atomic E-state index is 11.4. The van der Waals surface area contributed by atoms with Crippen molar-refractivity contribution in [1.82, 2.24) is 5.32 Å². The van der Waals surface area contributed by atoms with Crippen molar-refractivity contribution in [3.05, 3.63) is 16.8 Å². The molecule has 5 nitrogen and oxygen atoms in total. The second kappa shape index (κ2) is 7.13. The Morgan fingerprint density at radius 2 is 2.11 bits per heavy atom. The van der Waals surface area contributed by atoms with Gasteiger partial charge in [-0.2, -0.15) is 11.3 Å². The van der Waals surface area contributed by atoms with E-state index in [1.165, 1.54) is 11.3 Å². The minimum atomic E-state index is -0.688. The molecule has 0 aliphatic carbocycles. The van der Waals surface area contributed by atoms with E-state index in [0.717, 1.165) is 0 Å². The Hall–Kier alpha value is -1.40. The second-order valence-corrected chi connectivity index (χ2v) is 5.10. The van der Waals surface area contributed by atoms with E-state index >= 15 is 0 Å². The SMILES string of the molecule is CC(C)C(O)CCNC(=O)C(=O)Nc1ccsc1. The van der Waals surface area contributed by atoms with Crippen LogP contribution in [0.1, 0.15) is 20.3 Å². The minimum Gasteiger partial charge on any atom is -0.393 e. The zero-order valence-electron chi connectivity index (χ0n) is 10.5. The number of aliphatic hydroxyl groups excluding tert-OH is 1. The number of nitrogens with one attached hydrogen (secondary N) is 2. The number of anilines is 1. The highest BCUT2D eigenvalue weighted by atomic mass is 32.1. The third kappa shape index (κ3) is 4.85. The van der Waals surface area contributed by atoms with E-state index in [-0.39, 0.29) is 12.5 Å². The molecule has 0 saturated carbocycles. The summed E-state index contributed by atoms with van der Waals surface area (Å²) in [6.45, 7) is 4.08. The van der Waals surface area contributed by atoms with Gasteiger partial charge < -0.3 is 15.7 Å². The summed E-state index contributed by atoms with van der Waals surface area (Å²) in [6.07, 6.45) is -0.0278. The van der Waals surface area contributed by atoms with Gasteiger partial charge in [-0.15, -0.1) is 0 Å². The predicted octanol–water partition coefficient (Wildman–Crippen LogP) is 1.21. The summed E-state index contributed by atoms with van der Waals surface area (Å²) in [4.78, 5) is 22.9. The van der Waals surface area contributed by atoms with Gasteiger partial charge in [0, 0.05) is 11.9 Å². The van der Waals surface area contributed by atoms with Crippen molar-refractivity contribution in [2.75, 3.05) is 11.9 Å². The van der Waals surface area contributed by atoms with Gasteiger partial charge in [0.2, 0.25) is 0 Å². The largest absolute Gasteiger partial charge is 0.393 e. The Labute approximate surface area is 110 Å². The van der Waals surface area contributed by atoms with Crippen LogP contribution in [-0.2, 0) is 9.59 Å². The molecular weight excluding hydrogens is 252 g/mol. The van der Waals surface area contributed by atoms with Crippen molar-refractivity contribution in [1.29, 1.82) is 0 Å². The van der Waals surface area contributed by atoms with Gasteiger partial charge in [-0.1, -0.05) is 13.8 Å². The fraction of sp³-hybridized carbons (Fsp3) is 0.500. The van der Waals surface area contributed by atoms with Crippen LogP contribution in [0, 0.1) is 5.92 Å². The number of rotatable bonds is 5. The molecule has 0 spiro atoms. The van der Waals surface area contributed by atoms with E-state index in [9.17, 15) is 14.7 Å². The molecule has 0 fully saturated rings. The van der Waals surface area contributed by atoms with Crippen LogP contribution in [0.3, 0.4) is 0 Å². The lowest BCUT2D eigenvalue weighted by atomic mass is 10.0. The molecule has 0 aromatic carbocycles. The molecule has 0 aliphatic rings. The average molecular weight is 270 g/mol. The summed E-state index contributed by atoms with van der Waals surface area (Å²) in [5.41, 5.74) is 0.613. The van der Waals surface area contributed by atoms with E-state index < -0.39 is 17.9 Å². The first-order valence-electron chi connectivity index (χ1n) is 5.80. The molecule has 6 heteroatoms.